The average Bonchev–Trinajstić information content (AvgIpc) is 2.37. The van der Waals surface area contributed by atoms with Gasteiger partial charge in [-0.3, -0.25) is 4.79 Å². The summed E-state index contributed by atoms with van der Waals surface area (Å²) in [4.78, 5) is 13.3. The quantitative estimate of drug-likeness (QED) is 0.875. The highest BCUT2D eigenvalue weighted by molar-refractivity contribution is 5.76. The van der Waals surface area contributed by atoms with Gasteiger partial charge in [0.25, 0.3) is 0 Å². The third-order valence-corrected chi connectivity index (χ3v) is 2.99. The molecule has 0 heterocycles. The van der Waals surface area contributed by atoms with Crippen LogP contribution in [0.4, 0.5) is 8.78 Å². The number of amides is 1. The standard InChI is InChI=1S/C13H18F2N2O/c1-9(17(3)13(18)6-7-16-2)10-4-5-11(14)12(15)8-10/h4-5,8-9,16H,6-7H2,1-3H3. The van der Waals surface area contributed by atoms with Crippen LogP contribution in [-0.4, -0.2) is 31.4 Å². The Hall–Kier alpha value is -1.49. The summed E-state index contributed by atoms with van der Waals surface area (Å²) in [5, 5.41) is 2.89. The van der Waals surface area contributed by atoms with Crippen LogP contribution in [0.3, 0.4) is 0 Å². The van der Waals surface area contributed by atoms with E-state index in [1.807, 2.05) is 0 Å². The van der Waals surface area contributed by atoms with E-state index in [1.165, 1.54) is 11.0 Å². The summed E-state index contributed by atoms with van der Waals surface area (Å²) in [5.74, 6) is -1.81. The molecule has 5 heteroatoms. The van der Waals surface area contributed by atoms with Gasteiger partial charge in [0.2, 0.25) is 5.91 Å². The molecule has 0 aliphatic rings. The van der Waals surface area contributed by atoms with E-state index in [2.05, 4.69) is 5.32 Å². The first-order valence-electron chi connectivity index (χ1n) is 5.82. The second kappa shape index (κ2) is 6.44. The molecule has 0 saturated heterocycles. The molecule has 1 aromatic rings. The Labute approximate surface area is 106 Å². The molecule has 100 valence electrons. The van der Waals surface area contributed by atoms with Crippen molar-refractivity contribution in [3.05, 3.63) is 35.4 Å². The maximum atomic E-state index is 13.1. The molecule has 0 radical (unpaired) electrons. The summed E-state index contributed by atoms with van der Waals surface area (Å²) < 4.78 is 25.9. The Morgan fingerprint density at radius 2 is 2.06 bits per heavy atom. The van der Waals surface area contributed by atoms with Gasteiger partial charge in [-0.2, -0.15) is 0 Å². The first-order valence-corrected chi connectivity index (χ1v) is 5.82. The number of halogens is 2. The predicted octanol–water partition coefficient (Wildman–Crippen LogP) is 2.09. The Kier molecular flexibility index (Phi) is 5.22. The van der Waals surface area contributed by atoms with Gasteiger partial charge in [-0.15, -0.1) is 0 Å². The predicted molar refractivity (Wildman–Crippen MR) is 66.1 cm³/mol. The lowest BCUT2D eigenvalue weighted by atomic mass is 10.1. The molecule has 1 N–H and O–H groups in total. The fraction of sp³-hybridized carbons (Fsp3) is 0.462. The van der Waals surface area contributed by atoms with Gasteiger partial charge in [0.15, 0.2) is 11.6 Å². The molecule has 0 bridgehead atoms. The van der Waals surface area contributed by atoms with Crippen molar-refractivity contribution in [1.29, 1.82) is 0 Å². The maximum absolute atomic E-state index is 13.1. The number of carbonyl (C=O) groups excluding carboxylic acids is 1. The average molecular weight is 256 g/mol. The first-order chi connectivity index (χ1) is 8.47. The van der Waals surface area contributed by atoms with E-state index in [-0.39, 0.29) is 11.9 Å². The Morgan fingerprint density at radius 1 is 1.39 bits per heavy atom. The third-order valence-electron chi connectivity index (χ3n) is 2.99. The highest BCUT2D eigenvalue weighted by Gasteiger charge is 2.18. The zero-order chi connectivity index (χ0) is 13.7. The lowest BCUT2D eigenvalue weighted by Gasteiger charge is -2.25. The van der Waals surface area contributed by atoms with Gasteiger partial charge in [0.05, 0.1) is 6.04 Å². The van der Waals surface area contributed by atoms with Crippen molar-refractivity contribution >= 4 is 5.91 Å². The smallest absolute Gasteiger partial charge is 0.224 e. The number of nitrogens with one attached hydrogen (secondary N) is 1. The molecule has 1 rings (SSSR count). The summed E-state index contributed by atoms with van der Waals surface area (Å²) in [6.45, 7) is 2.37. The van der Waals surface area contributed by atoms with Gasteiger partial charge in [0.1, 0.15) is 0 Å². The summed E-state index contributed by atoms with van der Waals surface area (Å²) >= 11 is 0. The van der Waals surface area contributed by atoms with Crippen LogP contribution in [0.2, 0.25) is 0 Å². The Morgan fingerprint density at radius 3 is 2.61 bits per heavy atom. The molecular weight excluding hydrogens is 238 g/mol. The normalized spacial score (nSPS) is 12.3. The fourth-order valence-electron chi connectivity index (χ4n) is 1.62. The molecule has 3 nitrogen and oxygen atoms in total. The van der Waals surface area contributed by atoms with Gasteiger partial charge >= 0.3 is 0 Å². The number of benzene rings is 1. The van der Waals surface area contributed by atoms with Crippen LogP contribution in [0.1, 0.15) is 24.9 Å². The van der Waals surface area contributed by atoms with Crippen molar-refractivity contribution in [2.75, 3.05) is 20.6 Å². The van der Waals surface area contributed by atoms with Crippen molar-refractivity contribution in [1.82, 2.24) is 10.2 Å². The van der Waals surface area contributed by atoms with Crippen LogP contribution in [-0.2, 0) is 4.79 Å². The Balaban J connectivity index is 2.76. The SMILES string of the molecule is CNCCC(=O)N(C)C(C)c1ccc(F)c(F)c1. The molecule has 0 aliphatic carbocycles. The van der Waals surface area contributed by atoms with E-state index >= 15 is 0 Å². The summed E-state index contributed by atoms with van der Waals surface area (Å²) in [7, 11) is 3.43. The molecular formula is C13H18F2N2O. The highest BCUT2D eigenvalue weighted by atomic mass is 19.2. The minimum absolute atomic E-state index is 0.0402. The van der Waals surface area contributed by atoms with E-state index in [0.717, 1.165) is 12.1 Å². The van der Waals surface area contributed by atoms with E-state index < -0.39 is 11.6 Å². The number of hydrogen-bond acceptors (Lipinski definition) is 2. The first kappa shape index (κ1) is 14.6. The van der Waals surface area contributed by atoms with Crippen LogP contribution < -0.4 is 5.32 Å². The zero-order valence-electron chi connectivity index (χ0n) is 10.8. The molecule has 0 aliphatic heterocycles. The third kappa shape index (κ3) is 3.50. The van der Waals surface area contributed by atoms with Gasteiger partial charge in [0, 0.05) is 20.0 Å². The summed E-state index contributed by atoms with van der Waals surface area (Å²) in [6, 6.07) is 3.41. The van der Waals surface area contributed by atoms with Crippen molar-refractivity contribution < 1.29 is 13.6 Å². The molecule has 1 aromatic carbocycles. The van der Waals surface area contributed by atoms with Crippen molar-refractivity contribution in [3.63, 3.8) is 0 Å². The highest BCUT2D eigenvalue weighted by Crippen LogP contribution is 2.21. The molecule has 1 amide bonds. The number of nitrogens with zero attached hydrogens (tertiary/aromatic N) is 1. The van der Waals surface area contributed by atoms with Gasteiger partial charge in [-0.25, -0.2) is 8.78 Å². The van der Waals surface area contributed by atoms with E-state index in [0.29, 0.717) is 18.5 Å². The monoisotopic (exact) mass is 256 g/mol. The van der Waals surface area contributed by atoms with Crippen molar-refractivity contribution in [2.24, 2.45) is 0 Å². The second-order valence-corrected chi connectivity index (χ2v) is 4.21. The molecule has 1 unspecified atom stereocenters. The minimum atomic E-state index is -0.893. The summed E-state index contributed by atoms with van der Waals surface area (Å²) in [6.07, 6.45) is 0.376. The Bertz CT molecular complexity index is 423. The largest absolute Gasteiger partial charge is 0.339 e. The van der Waals surface area contributed by atoms with Gasteiger partial charge < -0.3 is 10.2 Å². The van der Waals surface area contributed by atoms with Gasteiger partial charge in [-0.05, 0) is 31.7 Å². The number of hydrogen-bond donors (Lipinski definition) is 1. The number of rotatable bonds is 5. The van der Waals surface area contributed by atoms with E-state index in [1.54, 1.807) is 21.0 Å². The second-order valence-electron chi connectivity index (χ2n) is 4.21. The van der Waals surface area contributed by atoms with Crippen LogP contribution in [0.25, 0.3) is 0 Å². The lowest BCUT2D eigenvalue weighted by Crippen LogP contribution is -2.31. The van der Waals surface area contributed by atoms with Crippen molar-refractivity contribution in [3.8, 4) is 0 Å². The molecule has 1 atom stereocenters. The lowest BCUT2D eigenvalue weighted by molar-refractivity contribution is -0.131. The molecule has 0 fully saturated rings. The van der Waals surface area contributed by atoms with Crippen LogP contribution in [0.5, 0.6) is 0 Å². The minimum Gasteiger partial charge on any atom is -0.339 e. The van der Waals surface area contributed by atoms with Crippen LogP contribution in [0.15, 0.2) is 18.2 Å². The van der Waals surface area contributed by atoms with Crippen LogP contribution >= 0.6 is 0 Å². The van der Waals surface area contributed by atoms with E-state index in [9.17, 15) is 13.6 Å². The summed E-state index contributed by atoms with van der Waals surface area (Å²) in [5.41, 5.74) is 0.578. The molecule has 0 aromatic heterocycles. The fourth-order valence-corrected chi connectivity index (χ4v) is 1.62. The molecule has 0 spiro atoms. The maximum Gasteiger partial charge on any atom is 0.224 e. The zero-order valence-corrected chi connectivity index (χ0v) is 10.8. The van der Waals surface area contributed by atoms with E-state index in [4.69, 9.17) is 0 Å². The topological polar surface area (TPSA) is 32.3 Å². The van der Waals surface area contributed by atoms with Crippen LogP contribution in [0, 0.1) is 11.6 Å². The molecule has 0 saturated carbocycles. The van der Waals surface area contributed by atoms with Crippen molar-refractivity contribution in [2.45, 2.75) is 19.4 Å². The molecule has 18 heavy (non-hydrogen) atoms. The number of carbonyl (C=O) groups is 1. The van der Waals surface area contributed by atoms with Gasteiger partial charge in [-0.1, -0.05) is 6.07 Å².